The number of fused-ring (bicyclic) bond motifs is 2. The Balaban J connectivity index is 1.69. The van der Waals surface area contributed by atoms with Gasteiger partial charge in [-0.05, 0) is 55.6 Å². The molecule has 2 aromatic carbocycles. The van der Waals surface area contributed by atoms with Crippen LogP contribution in [0.4, 0.5) is 5.69 Å². The van der Waals surface area contributed by atoms with Crippen LogP contribution in [0.25, 0.3) is 10.8 Å². The van der Waals surface area contributed by atoms with Crippen molar-refractivity contribution in [2.24, 2.45) is 0 Å². The predicted molar refractivity (Wildman–Crippen MR) is 129 cm³/mol. The van der Waals surface area contributed by atoms with Gasteiger partial charge in [0, 0.05) is 0 Å². The third kappa shape index (κ3) is 3.94. The predicted octanol–water partition coefficient (Wildman–Crippen LogP) is 4.88. The van der Waals surface area contributed by atoms with Gasteiger partial charge in [-0.25, -0.2) is 18.2 Å². The molecule has 0 radical (unpaired) electrons. The summed E-state index contributed by atoms with van der Waals surface area (Å²) in [5, 5.41) is 1.90. The lowest BCUT2D eigenvalue weighted by molar-refractivity contribution is 0.0526. The molecule has 1 aliphatic heterocycles. The maximum Gasteiger partial charge on any atom is 0.338 e. The van der Waals surface area contributed by atoms with E-state index in [0.717, 1.165) is 4.88 Å². The highest BCUT2D eigenvalue weighted by molar-refractivity contribution is 7.91. The van der Waals surface area contributed by atoms with Crippen LogP contribution in [0.1, 0.15) is 39.1 Å². The van der Waals surface area contributed by atoms with E-state index >= 15 is 0 Å². The molecule has 1 aliphatic rings. The van der Waals surface area contributed by atoms with E-state index in [9.17, 15) is 18.0 Å². The van der Waals surface area contributed by atoms with Crippen LogP contribution in [-0.2, 0) is 21.1 Å². The van der Waals surface area contributed by atoms with Crippen molar-refractivity contribution in [2.45, 2.75) is 30.2 Å². The van der Waals surface area contributed by atoms with Gasteiger partial charge in [0.05, 0.1) is 44.6 Å². The molecule has 0 bridgehead atoms. The molecule has 2 aromatic heterocycles. The van der Waals surface area contributed by atoms with Gasteiger partial charge in [0.1, 0.15) is 11.5 Å². The van der Waals surface area contributed by atoms with E-state index in [1.165, 1.54) is 46.6 Å². The Morgan fingerprint density at radius 1 is 1.11 bits per heavy atom. The number of oxazole rings is 1. The Morgan fingerprint density at radius 3 is 2.66 bits per heavy atom. The van der Waals surface area contributed by atoms with Crippen molar-refractivity contribution in [2.75, 3.05) is 11.5 Å². The molecule has 35 heavy (non-hydrogen) atoms. The van der Waals surface area contributed by atoms with Crippen molar-refractivity contribution in [3.63, 3.8) is 0 Å². The van der Waals surface area contributed by atoms with Crippen molar-refractivity contribution in [1.29, 1.82) is 0 Å². The normalized spacial score (nSPS) is 14.2. The number of thiophene rings is 1. The van der Waals surface area contributed by atoms with E-state index in [-0.39, 0.29) is 39.8 Å². The third-order valence-electron chi connectivity index (χ3n) is 5.64. The lowest BCUT2D eigenvalue weighted by Gasteiger charge is -2.22. The molecular formula is C25H20N2O6S2. The molecule has 0 spiro atoms. The number of esters is 1. The number of benzene rings is 2. The van der Waals surface area contributed by atoms with Gasteiger partial charge in [0.15, 0.2) is 0 Å². The van der Waals surface area contributed by atoms with E-state index < -0.39 is 21.7 Å². The quantitative estimate of drug-likeness (QED) is 0.354. The minimum absolute atomic E-state index is 0.0426. The number of aryl methyl sites for hydroxylation is 1. The molecule has 0 unspecified atom stereocenters. The average Bonchev–Trinajstić information content (AvgIpc) is 3.50. The molecule has 3 heterocycles. The Hall–Kier alpha value is -3.76. The third-order valence-corrected chi connectivity index (χ3v) is 8.35. The number of hydrogen-bond acceptors (Lipinski definition) is 8. The largest absolute Gasteiger partial charge is 0.462 e. The molecule has 0 saturated heterocycles. The van der Waals surface area contributed by atoms with Crippen molar-refractivity contribution in [3.8, 4) is 10.8 Å². The van der Waals surface area contributed by atoms with Gasteiger partial charge in [-0.3, -0.25) is 4.79 Å². The number of aromatic nitrogens is 1. The van der Waals surface area contributed by atoms with Crippen molar-refractivity contribution in [1.82, 2.24) is 4.98 Å². The van der Waals surface area contributed by atoms with Crippen LogP contribution < -0.4 is 4.90 Å². The van der Waals surface area contributed by atoms with E-state index in [1.54, 1.807) is 26.0 Å². The first-order valence-corrected chi connectivity index (χ1v) is 13.1. The number of anilines is 1. The van der Waals surface area contributed by atoms with Crippen molar-refractivity contribution >= 4 is 38.7 Å². The lowest BCUT2D eigenvalue weighted by Crippen LogP contribution is -2.31. The van der Waals surface area contributed by atoms with Crippen LogP contribution in [0.3, 0.4) is 0 Å². The molecule has 1 amide bonds. The second-order valence-corrected chi connectivity index (χ2v) is 10.6. The van der Waals surface area contributed by atoms with E-state index in [2.05, 4.69) is 4.98 Å². The fourth-order valence-corrected chi connectivity index (χ4v) is 6.22. The molecule has 10 heteroatoms. The summed E-state index contributed by atoms with van der Waals surface area (Å²) in [5.74, 6) is -0.212. The number of amides is 1. The number of rotatable bonds is 5. The number of sulfone groups is 1. The summed E-state index contributed by atoms with van der Waals surface area (Å²) in [7, 11) is -4.05. The van der Waals surface area contributed by atoms with Gasteiger partial charge in [-0.15, -0.1) is 11.3 Å². The monoisotopic (exact) mass is 508 g/mol. The summed E-state index contributed by atoms with van der Waals surface area (Å²) in [6.07, 6.45) is 0. The zero-order chi connectivity index (χ0) is 24.7. The molecule has 0 aliphatic carbocycles. The molecule has 5 rings (SSSR count). The summed E-state index contributed by atoms with van der Waals surface area (Å²) in [4.78, 5) is 32.7. The molecule has 0 saturated carbocycles. The Kier molecular flexibility index (Phi) is 5.78. The van der Waals surface area contributed by atoms with Crippen LogP contribution in [0.5, 0.6) is 0 Å². The van der Waals surface area contributed by atoms with Gasteiger partial charge in [-0.1, -0.05) is 18.2 Å². The van der Waals surface area contributed by atoms with Gasteiger partial charge in [0.2, 0.25) is 15.7 Å². The zero-order valence-electron chi connectivity index (χ0n) is 18.8. The smallest absolute Gasteiger partial charge is 0.338 e. The SMILES string of the molecule is CCOC(=O)c1ccc2c(c1)N(Cc1nc(-c3cccs3)oc1C)C(=O)c1ccccc1S2(=O)=O. The molecule has 0 N–H and O–H groups in total. The maximum atomic E-state index is 13.7. The van der Waals surface area contributed by atoms with Crippen LogP contribution in [0, 0.1) is 6.92 Å². The summed E-state index contributed by atoms with van der Waals surface area (Å²) in [5.41, 5.74) is 0.740. The first-order chi connectivity index (χ1) is 16.8. The molecule has 4 aromatic rings. The zero-order valence-corrected chi connectivity index (χ0v) is 20.5. The molecule has 8 nitrogen and oxygen atoms in total. The number of carbonyl (C=O) groups excluding carboxylic acids is 2. The van der Waals surface area contributed by atoms with Gasteiger partial charge < -0.3 is 14.1 Å². The van der Waals surface area contributed by atoms with Crippen molar-refractivity contribution < 1.29 is 27.2 Å². The molecule has 178 valence electrons. The van der Waals surface area contributed by atoms with E-state index in [0.29, 0.717) is 17.3 Å². The van der Waals surface area contributed by atoms with Gasteiger partial charge >= 0.3 is 5.97 Å². The molecule has 0 fully saturated rings. The van der Waals surface area contributed by atoms with Gasteiger partial charge in [0.25, 0.3) is 5.91 Å². The first kappa shape index (κ1) is 23.0. The number of carbonyl (C=O) groups is 2. The standard InChI is InChI=1S/C25H20N2O6S2/c1-3-32-25(29)16-10-11-22-19(13-16)27(24(28)17-7-4-5-9-21(17)35(22,30)31)14-18-15(2)33-23(26-18)20-8-6-12-34-20/h4-13H,3,14H2,1-2H3. The second-order valence-electron chi connectivity index (χ2n) is 7.79. The lowest BCUT2D eigenvalue weighted by atomic mass is 10.1. The molecule has 0 atom stereocenters. The van der Waals surface area contributed by atoms with Crippen molar-refractivity contribution in [3.05, 3.63) is 82.6 Å². The highest BCUT2D eigenvalue weighted by atomic mass is 32.2. The second kappa shape index (κ2) is 8.79. The van der Waals surface area contributed by atoms with Crippen LogP contribution in [0.2, 0.25) is 0 Å². The fourth-order valence-electron chi connectivity index (χ4n) is 3.93. The van der Waals surface area contributed by atoms with Crippen LogP contribution in [0.15, 0.2) is 74.2 Å². The van der Waals surface area contributed by atoms with E-state index in [1.807, 2.05) is 17.5 Å². The Bertz CT molecular complexity index is 1550. The van der Waals surface area contributed by atoms with Gasteiger partial charge in [-0.2, -0.15) is 0 Å². The van der Waals surface area contributed by atoms with Crippen LogP contribution in [-0.4, -0.2) is 31.9 Å². The number of ether oxygens (including phenoxy) is 1. The minimum atomic E-state index is -4.05. The van der Waals surface area contributed by atoms with Crippen LogP contribution >= 0.6 is 11.3 Å². The van der Waals surface area contributed by atoms with E-state index in [4.69, 9.17) is 9.15 Å². The minimum Gasteiger partial charge on any atom is -0.462 e. The maximum absolute atomic E-state index is 13.7. The highest BCUT2D eigenvalue weighted by Crippen LogP contribution is 2.39. The summed E-state index contributed by atoms with van der Waals surface area (Å²) in [6.45, 7) is 3.52. The topological polar surface area (TPSA) is 107 Å². The Morgan fingerprint density at radius 2 is 1.91 bits per heavy atom. The average molecular weight is 509 g/mol. The Labute approximate surface area is 205 Å². The number of hydrogen-bond donors (Lipinski definition) is 0. The summed E-state index contributed by atoms with van der Waals surface area (Å²) < 4.78 is 38.0. The summed E-state index contributed by atoms with van der Waals surface area (Å²) >= 11 is 1.47. The fraction of sp³-hybridized carbons (Fsp3) is 0.160. The number of nitrogens with zero attached hydrogens (tertiary/aromatic N) is 2. The molecular weight excluding hydrogens is 488 g/mol. The first-order valence-electron chi connectivity index (χ1n) is 10.8. The highest BCUT2D eigenvalue weighted by Gasteiger charge is 2.36. The summed E-state index contributed by atoms with van der Waals surface area (Å²) in [6, 6.07) is 13.9.